The topological polar surface area (TPSA) is 38.0 Å². The fourth-order valence-corrected chi connectivity index (χ4v) is 2.96. The van der Waals surface area contributed by atoms with Gasteiger partial charge in [0, 0.05) is 15.6 Å². The zero-order chi connectivity index (χ0) is 14.9. The Bertz CT molecular complexity index is 601. The van der Waals surface area contributed by atoms with E-state index in [-0.39, 0.29) is 0 Å². The molecule has 0 amide bonds. The highest BCUT2D eigenvalue weighted by Gasteiger charge is 2.24. The highest BCUT2D eigenvalue weighted by atomic mass is 79.9. The van der Waals surface area contributed by atoms with E-state index in [1.54, 1.807) is 19.1 Å². The van der Waals surface area contributed by atoms with Crippen molar-refractivity contribution in [2.24, 2.45) is 5.84 Å². The minimum absolute atomic E-state index is 0.292. The number of hydrazine groups is 1. The molecule has 0 saturated heterocycles. The van der Waals surface area contributed by atoms with Crippen molar-refractivity contribution in [2.45, 2.75) is 19.9 Å². The molecule has 3 N–H and O–H groups in total. The summed E-state index contributed by atoms with van der Waals surface area (Å²) in [6.07, 6.45) is 0. The molecule has 0 aliphatic heterocycles. The van der Waals surface area contributed by atoms with E-state index in [4.69, 9.17) is 5.84 Å². The van der Waals surface area contributed by atoms with Gasteiger partial charge in [-0.05, 0) is 43.2 Å². The molecular weight excluding hydrogens is 326 g/mol. The van der Waals surface area contributed by atoms with Gasteiger partial charge in [0.1, 0.15) is 11.6 Å². The average Bonchev–Trinajstić information content (AvgIpc) is 2.35. The molecule has 1 unspecified atom stereocenters. The first-order valence-electron chi connectivity index (χ1n) is 6.12. The van der Waals surface area contributed by atoms with Gasteiger partial charge in [0.05, 0.1) is 6.04 Å². The van der Waals surface area contributed by atoms with Crippen LogP contribution in [0.1, 0.15) is 28.3 Å². The molecule has 0 aromatic heterocycles. The number of benzene rings is 2. The third-order valence-electron chi connectivity index (χ3n) is 3.22. The first-order valence-corrected chi connectivity index (χ1v) is 6.91. The molecule has 0 aliphatic carbocycles. The number of nitrogens with two attached hydrogens (primary N) is 1. The molecule has 106 valence electrons. The van der Waals surface area contributed by atoms with E-state index in [1.807, 2.05) is 13.0 Å². The fraction of sp³-hybridized carbons (Fsp3) is 0.200. The Morgan fingerprint density at radius 3 is 2.35 bits per heavy atom. The number of nitrogens with one attached hydrogen (secondary N) is 1. The Morgan fingerprint density at radius 1 is 1.10 bits per heavy atom. The standard InChI is InChI=1S/C15H15BrF2N2/c1-8-6-9(2)13(12(18)7-8)15(20-19)14-10(16)4-3-5-11(14)17/h3-7,15,20H,19H2,1-2H3. The number of hydrogen-bond acceptors (Lipinski definition) is 2. The van der Waals surface area contributed by atoms with Crippen molar-refractivity contribution in [3.8, 4) is 0 Å². The second-order valence-corrected chi connectivity index (χ2v) is 5.57. The Morgan fingerprint density at radius 2 is 1.80 bits per heavy atom. The molecule has 0 fully saturated rings. The lowest BCUT2D eigenvalue weighted by Crippen LogP contribution is -2.31. The molecule has 2 aromatic rings. The molecule has 2 nitrogen and oxygen atoms in total. The highest BCUT2D eigenvalue weighted by Crippen LogP contribution is 2.33. The maximum atomic E-state index is 14.3. The van der Waals surface area contributed by atoms with E-state index in [9.17, 15) is 8.78 Å². The molecular formula is C15H15BrF2N2. The molecule has 20 heavy (non-hydrogen) atoms. The smallest absolute Gasteiger partial charge is 0.129 e. The van der Waals surface area contributed by atoms with E-state index in [2.05, 4.69) is 21.4 Å². The zero-order valence-corrected chi connectivity index (χ0v) is 12.8. The minimum atomic E-state index is -0.758. The zero-order valence-electron chi connectivity index (χ0n) is 11.2. The Labute approximate surface area is 125 Å². The number of hydrogen-bond donors (Lipinski definition) is 2. The van der Waals surface area contributed by atoms with Gasteiger partial charge in [-0.1, -0.05) is 28.1 Å². The van der Waals surface area contributed by atoms with Crippen LogP contribution in [0.15, 0.2) is 34.8 Å². The van der Waals surface area contributed by atoms with Gasteiger partial charge < -0.3 is 0 Å². The third-order valence-corrected chi connectivity index (χ3v) is 3.92. The predicted octanol–water partition coefficient (Wildman–Crippen LogP) is 3.90. The van der Waals surface area contributed by atoms with E-state index < -0.39 is 17.7 Å². The summed E-state index contributed by atoms with van der Waals surface area (Å²) >= 11 is 3.29. The van der Waals surface area contributed by atoms with Gasteiger partial charge in [-0.25, -0.2) is 14.2 Å². The van der Waals surface area contributed by atoms with Crippen LogP contribution in [0, 0.1) is 25.5 Å². The summed E-state index contributed by atoms with van der Waals surface area (Å²) in [7, 11) is 0. The van der Waals surface area contributed by atoms with Crippen LogP contribution >= 0.6 is 15.9 Å². The number of aryl methyl sites for hydroxylation is 2. The van der Waals surface area contributed by atoms with Gasteiger partial charge in [0.2, 0.25) is 0 Å². The summed E-state index contributed by atoms with van der Waals surface area (Å²) in [4.78, 5) is 0. The molecule has 0 heterocycles. The first-order chi connectivity index (χ1) is 9.45. The molecule has 0 bridgehead atoms. The van der Waals surface area contributed by atoms with Crippen LogP contribution in [0.3, 0.4) is 0 Å². The first kappa shape index (κ1) is 15.1. The fourth-order valence-electron chi connectivity index (χ4n) is 2.39. The molecule has 0 saturated carbocycles. The van der Waals surface area contributed by atoms with E-state index in [0.29, 0.717) is 15.6 Å². The van der Waals surface area contributed by atoms with Gasteiger partial charge in [-0.3, -0.25) is 5.84 Å². The molecule has 5 heteroatoms. The summed E-state index contributed by atoms with van der Waals surface area (Å²) < 4.78 is 28.9. The van der Waals surface area contributed by atoms with Gasteiger partial charge in [-0.2, -0.15) is 0 Å². The minimum Gasteiger partial charge on any atom is -0.271 e. The van der Waals surface area contributed by atoms with Crippen LogP contribution in [0.5, 0.6) is 0 Å². The van der Waals surface area contributed by atoms with E-state index in [1.165, 1.54) is 12.1 Å². The van der Waals surface area contributed by atoms with Crippen LogP contribution in [0.4, 0.5) is 8.78 Å². The number of halogens is 3. The summed E-state index contributed by atoms with van der Waals surface area (Å²) in [6, 6.07) is 7.11. The molecule has 1 atom stereocenters. The molecule has 2 aromatic carbocycles. The average molecular weight is 341 g/mol. The lowest BCUT2D eigenvalue weighted by atomic mass is 9.93. The van der Waals surface area contributed by atoms with E-state index >= 15 is 0 Å². The highest BCUT2D eigenvalue weighted by molar-refractivity contribution is 9.10. The van der Waals surface area contributed by atoms with Crippen molar-refractivity contribution in [3.05, 3.63) is 68.7 Å². The predicted molar refractivity (Wildman–Crippen MR) is 79.1 cm³/mol. The lowest BCUT2D eigenvalue weighted by Gasteiger charge is -2.22. The van der Waals surface area contributed by atoms with Gasteiger partial charge >= 0.3 is 0 Å². The van der Waals surface area contributed by atoms with Gasteiger partial charge in [0.15, 0.2) is 0 Å². The van der Waals surface area contributed by atoms with Crippen molar-refractivity contribution in [1.29, 1.82) is 0 Å². The summed E-state index contributed by atoms with van der Waals surface area (Å²) in [6.45, 7) is 3.59. The Hall–Kier alpha value is -1.30. The van der Waals surface area contributed by atoms with Crippen molar-refractivity contribution in [1.82, 2.24) is 5.43 Å². The van der Waals surface area contributed by atoms with Crippen molar-refractivity contribution in [2.75, 3.05) is 0 Å². The maximum Gasteiger partial charge on any atom is 0.129 e. The van der Waals surface area contributed by atoms with Gasteiger partial charge in [-0.15, -0.1) is 0 Å². The van der Waals surface area contributed by atoms with Crippen LogP contribution in [-0.4, -0.2) is 0 Å². The second kappa shape index (κ2) is 5.99. The summed E-state index contributed by atoms with van der Waals surface area (Å²) in [5.41, 5.74) is 4.69. The van der Waals surface area contributed by atoms with Gasteiger partial charge in [0.25, 0.3) is 0 Å². The molecule has 0 radical (unpaired) electrons. The lowest BCUT2D eigenvalue weighted by molar-refractivity contribution is 0.527. The van der Waals surface area contributed by atoms with Crippen molar-refractivity contribution >= 4 is 15.9 Å². The summed E-state index contributed by atoms with van der Waals surface area (Å²) in [5.74, 6) is 4.70. The monoisotopic (exact) mass is 340 g/mol. The van der Waals surface area contributed by atoms with Crippen LogP contribution < -0.4 is 11.3 Å². The molecule has 2 rings (SSSR count). The van der Waals surface area contributed by atoms with Crippen molar-refractivity contribution in [3.63, 3.8) is 0 Å². The summed E-state index contributed by atoms with van der Waals surface area (Å²) in [5, 5.41) is 0. The SMILES string of the molecule is Cc1cc(C)c(C(NN)c2c(F)cccc2Br)c(F)c1. The quantitative estimate of drug-likeness (QED) is 0.656. The van der Waals surface area contributed by atoms with E-state index in [0.717, 1.165) is 11.1 Å². The van der Waals surface area contributed by atoms with Crippen molar-refractivity contribution < 1.29 is 8.78 Å². The van der Waals surface area contributed by atoms with Crippen LogP contribution in [0.2, 0.25) is 0 Å². The Kier molecular flexibility index (Phi) is 4.52. The molecule has 0 spiro atoms. The Balaban J connectivity index is 2.65. The van der Waals surface area contributed by atoms with Crippen LogP contribution in [0.25, 0.3) is 0 Å². The second-order valence-electron chi connectivity index (χ2n) is 4.71. The van der Waals surface area contributed by atoms with Crippen LogP contribution in [-0.2, 0) is 0 Å². The number of rotatable bonds is 3. The third kappa shape index (κ3) is 2.75. The largest absolute Gasteiger partial charge is 0.271 e. The maximum absolute atomic E-state index is 14.3. The normalized spacial score (nSPS) is 12.5. The molecule has 0 aliphatic rings.